The number of benzene rings is 1. The Morgan fingerprint density at radius 1 is 1.35 bits per heavy atom. The van der Waals surface area contributed by atoms with Crippen LogP contribution in [0.25, 0.3) is 0 Å². The average Bonchev–Trinajstić information content (AvgIpc) is 2.98. The predicted molar refractivity (Wildman–Crippen MR) is 79.5 cm³/mol. The standard InChI is InChI=1S/C16H25NO3/c1-17-12-13-7-8-15(16(11-13)18-2)20-10-4-6-14-5-3-9-19-14/h7-8,11,14,17H,3-6,9-10,12H2,1-2H3. The summed E-state index contributed by atoms with van der Waals surface area (Å²) in [5.74, 6) is 1.62. The highest BCUT2D eigenvalue weighted by molar-refractivity contribution is 5.42. The lowest BCUT2D eigenvalue weighted by Crippen LogP contribution is -2.08. The number of ether oxygens (including phenoxy) is 3. The van der Waals surface area contributed by atoms with Crippen LogP contribution in [0.15, 0.2) is 18.2 Å². The van der Waals surface area contributed by atoms with Crippen LogP contribution in [0.3, 0.4) is 0 Å². The lowest BCUT2D eigenvalue weighted by molar-refractivity contribution is 0.0980. The van der Waals surface area contributed by atoms with Gasteiger partial charge in [0.25, 0.3) is 0 Å². The molecule has 20 heavy (non-hydrogen) atoms. The number of hydrogen-bond acceptors (Lipinski definition) is 4. The lowest BCUT2D eigenvalue weighted by Gasteiger charge is -2.13. The molecule has 112 valence electrons. The molecule has 0 aromatic heterocycles. The van der Waals surface area contributed by atoms with Crippen molar-refractivity contribution in [1.29, 1.82) is 0 Å². The molecule has 0 aliphatic carbocycles. The van der Waals surface area contributed by atoms with Gasteiger partial charge in [0, 0.05) is 13.2 Å². The summed E-state index contributed by atoms with van der Waals surface area (Å²) >= 11 is 0. The summed E-state index contributed by atoms with van der Waals surface area (Å²) in [5.41, 5.74) is 1.19. The van der Waals surface area contributed by atoms with Crippen molar-refractivity contribution in [2.45, 2.75) is 38.3 Å². The van der Waals surface area contributed by atoms with E-state index in [2.05, 4.69) is 11.4 Å². The van der Waals surface area contributed by atoms with Gasteiger partial charge in [-0.3, -0.25) is 0 Å². The van der Waals surface area contributed by atoms with Crippen LogP contribution in [-0.2, 0) is 11.3 Å². The van der Waals surface area contributed by atoms with Gasteiger partial charge in [-0.2, -0.15) is 0 Å². The molecular formula is C16H25NO3. The molecule has 1 fully saturated rings. The zero-order valence-corrected chi connectivity index (χ0v) is 12.5. The van der Waals surface area contributed by atoms with E-state index in [-0.39, 0.29) is 0 Å². The van der Waals surface area contributed by atoms with Gasteiger partial charge in [0.05, 0.1) is 19.8 Å². The molecule has 2 rings (SSSR count). The van der Waals surface area contributed by atoms with Crippen LogP contribution in [-0.4, -0.2) is 33.5 Å². The van der Waals surface area contributed by atoms with Gasteiger partial charge in [-0.25, -0.2) is 0 Å². The zero-order chi connectivity index (χ0) is 14.2. The first-order valence-electron chi connectivity index (χ1n) is 7.39. The molecule has 0 bridgehead atoms. The second-order valence-corrected chi connectivity index (χ2v) is 5.14. The van der Waals surface area contributed by atoms with E-state index in [0.717, 1.165) is 37.5 Å². The highest BCUT2D eigenvalue weighted by Crippen LogP contribution is 2.28. The molecule has 0 saturated carbocycles. The van der Waals surface area contributed by atoms with Crippen LogP contribution in [0, 0.1) is 0 Å². The maximum Gasteiger partial charge on any atom is 0.161 e. The van der Waals surface area contributed by atoms with Crippen molar-refractivity contribution < 1.29 is 14.2 Å². The Bertz CT molecular complexity index is 403. The molecule has 1 aromatic rings. The predicted octanol–water partition coefficient (Wildman–Crippen LogP) is 2.75. The molecule has 1 unspecified atom stereocenters. The Balaban J connectivity index is 1.79. The van der Waals surface area contributed by atoms with Gasteiger partial charge in [-0.1, -0.05) is 6.07 Å². The Morgan fingerprint density at radius 3 is 2.95 bits per heavy atom. The molecule has 0 amide bonds. The van der Waals surface area contributed by atoms with Gasteiger partial charge in [-0.05, 0) is 50.4 Å². The second-order valence-electron chi connectivity index (χ2n) is 5.14. The summed E-state index contributed by atoms with van der Waals surface area (Å²) in [6, 6.07) is 6.07. The minimum Gasteiger partial charge on any atom is -0.493 e. The van der Waals surface area contributed by atoms with Crippen LogP contribution in [0.1, 0.15) is 31.2 Å². The quantitative estimate of drug-likeness (QED) is 0.743. The minimum atomic E-state index is 0.443. The number of methoxy groups -OCH3 is 1. The molecule has 4 heteroatoms. The summed E-state index contributed by atoms with van der Waals surface area (Å²) in [6.07, 6.45) is 4.94. The van der Waals surface area contributed by atoms with Crippen LogP contribution in [0.4, 0.5) is 0 Å². The Labute approximate surface area is 121 Å². The molecular weight excluding hydrogens is 254 g/mol. The van der Waals surface area contributed by atoms with Crippen molar-refractivity contribution in [2.24, 2.45) is 0 Å². The molecule has 1 N–H and O–H groups in total. The van der Waals surface area contributed by atoms with Gasteiger partial charge in [-0.15, -0.1) is 0 Å². The third kappa shape index (κ3) is 4.39. The molecule has 1 heterocycles. The number of hydrogen-bond donors (Lipinski definition) is 1. The summed E-state index contributed by atoms with van der Waals surface area (Å²) < 4.78 is 16.8. The summed E-state index contributed by atoms with van der Waals surface area (Å²) in [4.78, 5) is 0. The van der Waals surface area contributed by atoms with Gasteiger partial charge in [0.15, 0.2) is 11.5 Å². The molecule has 1 atom stereocenters. The smallest absolute Gasteiger partial charge is 0.161 e. The molecule has 0 radical (unpaired) electrons. The molecule has 1 aliphatic rings. The summed E-state index contributed by atoms with van der Waals surface area (Å²) in [6.45, 7) is 2.46. The van der Waals surface area contributed by atoms with Gasteiger partial charge in [0.1, 0.15) is 0 Å². The third-order valence-electron chi connectivity index (χ3n) is 3.56. The Hall–Kier alpha value is -1.26. The van der Waals surface area contributed by atoms with E-state index < -0.39 is 0 Å². The number of nitrogens with one attached hydrogen (secondary N) is 1. The molecule has 0 spiro atoms. The van der Waals surface area contributed by atoms with E-state index in [1.54, 1.807) is 7.11 Å². The first kappa shape index (κ1) is 15.1. The SMILES string of the molecule is CNCc1ccc(OCCCC2CCCO2)c(OC)c1. The fraction of sp³-hybridized carbons (Fsp3) is 0.625. The van der Waals surface area contributed by atoms with Crippen molar-refractivity contribution in [3.63, 3.8) is 0 Å². The van der Waals surface area contributed by atoms with Crippen molar-refractivity contribution in [3.8, 4) is 11.5 Å². The van der Waals surface area contributed by atoms with E-state index in [4.69, 9.17) is 14.2 Å². The van der Waals surface area contributed by atoms with Gasteiger partial charge in [0.2, 0.25) is 0 Å². The highest BCUT2D eigenvalue weighted by atomic mass is 16.5. The summed E-state index contributed by atoms with van der Waals surface area (Å²) in [7, 11) is 3.61. The van der Waals surface area contributed by atoms with Gasteiger partial charge < -0.3 is 19.5 Å². The second kappa shape index (κ2) is 8.12. The maximum absolute atomic E-state index is 5.82. The van der Waals surface area contributed by atoms with E-state index in [1.807, 2.05) is 19.2 Å². The third-order valence-corrected chi connectivity index (χ3v) is 3.56. The van der Waals surface area contributed by atoms with Crippen molar-refractivity contribution in [2.75, 3.05) is 27.4 Å². The summed E-state index contributed by atoms with van der Waals surface area (Å²) in [5, 5.41) is 3.13. The molecule has 1 saturated heterocycles. The normalized spacial score (nSPS) is 18.2. The fourth-order valence-electron chi connectivity index (χ4n) is 2.51. The molecule has 1 aromatic carbocycles. The van der Waals surface area contributed by atoms with Crippen LogP contribution < -0.4 is 14.8 Å². The number of rotatable bonds is 8. The largest absolute Gasteiger partial charge is 0.493 e. The van der Waals surface area contributed by atoms with Crippen molar-refractivity contribution >= 4 is 0 Å². The Morgan fingerprint density at radius 2 is 2.25 bits per heavy atom. The first-order chi connectivity index (χ1) is 9.83. The van der Waals surface area contributed by atoms with E-state index in [1.165, 1.54) is 18.4 Å². The monoisotopic (exact) mass is 279 g/mol. The average molecular weight is 279 g/mol. The van der Waals surface area contributed by atoms with E-state index >= 15 is 0 Å². The topological polar surface area (TPSA) is 39.7 Å². The fourth-order valence-corrected chi connectivity index (χ4v) is 2.51. The first-order valence-corrected chi connectivity index (χ1v) is 7.39. The lowest BCUT2D eigenvalue weighted by atomic mass is 10.1. The van der Waals surface area contributed by atoms with Crippen LogP contribution in [0.2, 0.25) is 0 Å². The van der Waals surface area contributed by atoms with Crippen LogP contribution in [0.5, 0.6) is 11.5 Å². The van der Waals surface area contributed by atoms with Crippen molar-refractivity contribution in [1.82, 2.24) is 5.32 Å². The zero-order valence-electron chi connectivity index (χ0n) is 12.5. The van der Waals surface area contributed by atoms with E-state index in [9.17, 15) is 0 Å². The Kier molecular flexibility index (Phi) is 6.15. The molecule has 4 nitrogen and oxygen atoms in total. The minimum absolute atomic E-state index is 0.443. The highest BCUT2D eigenvalue weighted by Gasteiger charge is 2.14. The van der Waals surface area contributed by atoms with Gasteiger partial charge >= 0.3 is 0 Å². The van der Waals surface area contributed by atoms with E-state index in [0.29, 0.717) is 12.7 Å². The molecule has 1 aliphatic heterocycles. The van der Waals surface area contributed by atoms with Crippen LogP contribution >= 0.6 is 0 Å². The van der Waals surface area contributed by atoms with Crippen molar-refractivity contribution in [3.05, 3.63) is 23.8 Å². The maximum atomic E-state index is 5.82.